The molecule has 0 bridgehead atoms. The highest BCUT2D eigenvalue weighted by atomic mass is 16.7. The van der Waals surface area contributed by atoms with Crippen LogP contribution in [0, 0.1) is 5.92 Å². The van der Waals surface area contributed by atoms with Crippen LogP contribution in [0.2, 0.25) is 0 Å². The molecule has 2 aliphatic rings. The van der Waals surface area contributed by atoms with Gasteiger partial charge in [0.05, 0.1) is 0 Å². The second-order valence-electron chi connectivity index (χ2n) is 7.08. The normalized spacial score (nSPS) is 16.5. The summed E-state index contributed by atoms with van der Waals surface area (Å²) >= 11 is 0. The summed E-state index contributed by atoms with van der Waals surface area (Å²) in [5.41, 5.74) is 1.90. The standard InChI is InChI=1S/C21H24N2O3/c1-23(13-15-5-3-2-4-6-15)18(16-7-8-16)12-22-21(24)17-9-10-19-20(11-17)26-14-25-19/h2-6,9-11,16,18H,7-8,12-14H2,1H3,(H,22,24)/t18-/m1/s1. The minimum absolute atomic E-state index is 0.0675. The highest BCUT2D eigenvalue weighted by Gasteiger charge is 2.34. The first kappa shape index (κ1) is 16.9. The van der Waals surface area contributed by atoms with E-state index in [0.717, 1.165) is 6.54 Å². The molecule has 1 atom stereocenters. The molecule has 0 spiro atoms. The van der Waals surface area contributed by atoms with Crippen molar-refractivity contribution < 1.29 is 14.3 Å². The fourth-order valence-corrected chi connectivity index (χ4v) is 3.49. The van der Waals surface area contributed by atoms with Gasteiger partial charge in [-0.05, 0) is 49.6 Å². The number of carbonyl (C=O) groups is 1. The maximum Gasteiger partial charge on any atom is 0.251 e. The number of fused-ring (bicyclic) bond motifs is 1. The fourth-order valence-electron chi connectivity index (χ4n) is 3.49. The van der Waals surface area contributed by atoms with Crippen LogP contribution in [0.25, 0.3) is 0 Å². The van der Waals surface area contributed by atoms with E-state index >= 15 is 0 Å². The van der Waals surface area contributed by atoms with E-state index in [0.29, 0.717) is 35.6 Å². The predicted octanol–water partition coefficient (Wildman–Crippen LogP) is 3.06. The van der Waals surface area contributed by atoms with Gasteiger partial charge in [0, 0.05) is 24.7 Å². The largest absolute Gasteiger partial charge is 0.454 e. The van der Waals surface area contributed by atoms with Crippen molar-refractivity contribution in [3.8, 4) is 11.5 Å². The Hall–Kier alpha value is -2.53. The first-order valence-corrected chi connectivity index (χ1v) is 9.13. The molecule has 1 fully saturated rings. The van der Waals surface area contributed by atoms with Crippen molar-refractivity contribution in [3.63, 3.8) is 0 Å². The Labute approximate surface area is 153 Å². The van der Waals surface area contributed by atoms with Crippen LogP contribution >= 0.6 is 0 Å². The number of likely N-dealkylation sites (N-methyl/N-ethyl adjacent to an activating group) is 1. The second-order valence-corrected chi connectivity index (χ2v) is 7.08. The lowest BCUT2D eigenvalue weighted by atomic mass is 10.1. The zero-order chi connectivity index (χ0) is 17.9. The minimum Gasteiger partial charge on any atom is -0.454 e. The fraction of sp³-hybridized carbons (Fsp3) is 0.381. The molecule has 0 aromatic heterocycles. The molecule has 2 aromatic rings. The number of ether oxygens (including phenoxy) is 2. The summed E-state index contributed by atoms with van der Waals surface area (Å²) < 4.78 is 10.7. The lowest BCUT2D eigenvalue weighted by Crippen LogP contribution is -2.43. The van der Waals surface area contributed by atoms with Crippen LogP contribution in [-0.2, 0) is 6.54 Å². The molecule has 26 heavy (non-hydrogen) atoms. The van der Waals surface area contributed by atoms with E-state index in [2.05, 4.69) is 41.5 Å². The molecule has 0 unspecified atom stereocenters. The summed E-state index contributed by atoms with van der Waals surface area (Å²) in [7, 11) is 2.14. The third-order valence-corrected chi connectivity index (χ3v) is 5.11. The third-order valence-electron chi connectivity index (χ3n) is 5.11. The van der Waals surface area contributed by atoms with E-state index in [4.69, 9.17) is 9.47 Å². The highest BCUT2D eigenvalue weighted by Crippen LogP contribution is 2.35. The van der Waals surface area contributed by atoms with Gasteiger partial charge in [-0.25, -0.2) is 0 Å². The van der Waals surface area contributed by atoms with Gasteiger partial charge in [-0.1, -0.05) is 30.3 Å². The van der Waals surface area contributed by atoms with Crippen molar-refractivity contribution in [1.29, 1.82) is 0 Å². The van der Waals surface area contributed by atoms with Gasteiger partial charge >= 0.3 is 0 Å². The Morgan fingerprint density at radius 3 is 2.69 bits per heavy atom. The predicted molar refractivity (Wildman–Crippen MR) is 99.3 cm³/mol. The van der Waals surface area contributed by atoms with E-state index in [9.17, 15) is 4.79 Å². The number of hydrogen-bond donors (Lipinski definition) is 1. The number of nitrogens with zero attached hydrogens (tertiary/aromatic N) is 1. The van der Waals surface area contributed by atoms with E-state index in [-0.39, 0.29) is 12.7 Å². The van der Waals surface area contributed by atoms with Gasteiger partial charge in [0.15, 0.2) is 11.5 Å². The quantitative estimate of drug-likeness (QED) is 0.832. The molecular weight excluding hydrogens is 328 g/mol. The Morgan fingerprint density at radius 2 is 1.92 bits per heavy atom. The van der Waals surface area contributed by atoms with Gasteiger partial charge in [0.1, 0.15) is 0 Å². The van der Waals surface area contributed by atoms with Crippen LogP contribution < -0.4 is 14.8 Å². The maximum atomic E-state index is 12.5. The zero-order valence-electron chi connectivity index (χ0n) is 15.0. The molecule has 2 aromatic carbocycles. The summed E-state index contributed by atoms with van der Waals surface area (Å²) in [6.07, 6.45) is 2.48. The maximum absolute atomic E-state index is 12.5. The van der Waals surface area contributed by atoms with Crippen molar-refractivity contribution in [1.82, 2.24) is 10.2 Å². The molecule has 1 aliphatic carbocycles. The van der Waals surface area contributed by atoms with Crippen molar-refractivity contribution in [2.75, 3.05) is 20.4 Å². The number of amides is 1. The lowest BCUT2D eigenvalue weighted by Gasteiger charge is -2.28. The highest BCUT2D eigenvalue weighted by molar-refractivity contribution is 5.94. The van der Waals surface area contributed by atoms with Gasteiger partial charge in [-0.3, -0.25) is 9.69 Å². The minimum atomic E-state index is -0.0675. The summed E-state index contributed by atoms with van der Waals surface area (Å²) in [6.45, 7) is 1.76. The van der Waals surface area contributed by atoms with Crippen LogP contribution in [0.5, 0.6) is 11.5 Å². The van der Waals surface area contributed by atoms with E-state index in [1.807, 2.05) is 6.07 Å². The molecule has 1 amide bonds. The van der Waals surface area contributed by atoms with Gasteiger partial charge in [0.2, 0.25) is 6.79 Å². The molecule has 4 rings (SSSR count). The molecule has 136 valence electrons. The van der Waals surface area contributed by atoms with Crippen molar-refractivity contribution >= 4 is 5.91 Å². The van der Waals surface area contributed by atoms with Gasteiger partial charge in [-0.2, -0.15) is 0 Å². The Morgan fingerprint density at radius 1 is 1.15 bits per heavy atom. The zero-order valence-corrected chi connectivity index (χ0v) is 15.0. The van der Waals surface area contributed by atoms with Crippen LogP contribution in [0.15, 0.2) is 48.5 Å². The Kier molecular flexibility index (Phi) is 4.80. The molecule has 5 heteroatoms. The molecule has 0 saturated heterocycles. The summed E-state index contributed by atoms with van der Waals surface area (Å²) in [5, 5.41) is 3.10. The third kappa shape index (κ3) is 3.83. The lowest BCUT2D eigenvalue weighted by molar-refractivity contribution is 0.0932. The summed E-state index contributed by atoms with van der Waals surface area (Å²) in [4.78, 5) is 14.9. The number of carbonyl (C=O) groups excluding carboxylic acids is 1. The van der Waals surface area contributed by atoms with E-state index in [1.165, 1.54) is 18.4 Å². The van der Waals surface area contributed by atoms with Crippen molar-refractivity contribution in [2.45, 2.75) is 25.4 Å². The molecule has 1 saturated carbocycles. The van der Waals surface area contributed by atoms with E-state index in [1.54, 1.807) is 18.2 Å². The van der Waals surface area contributed by atoms with Crippen molar-refractivity contribution in [2.24, 2.45) is 5.92 Å². The first-order chi connectivity index (χ1) is 12.7. The van der Waals surface area contributed by atoms with Crippen LogP contribution in [0.3, 0.4) is 0 Å². The average Bonchev–Trinajstić information content (AvgIpc) is 3.38. The smallest absolute Gasteiger partial charge is 0.251 e. The molecule has 0 radical (unpaired) electrons. The molecule has 5 nitrogen and oxygen atoms in total. The Balaban J connectivity index is 1.37. The van der Waals surface area contributed by atoms with Crippen LogP contribution in [-0.4, -0.2) is 37.2 Å². The number of hydrogen-bond acceptors (Lipinski definition) is 4. The monoisotopic (exact) mass is 352 g/mol. The summed E-state index contributed by atoms with van der Waals surface area (Å²) in [5.74, 6) is 1.93. The van der Waals surface area contributed by atoms with Crippen LogP contribution in [0.1, 0.15) is 28.8 Å². The number of rotatable bonds is 7. The molecule has 1 aliphatic heterocycles. The van der Waals surface area contributed by atoms with Crippen molar-refractivity contribution in [3.05, 3.63) is 59.7 Å². The SMILES string of the molecule is CN(Cc1ccccc1)[C@H](CNC(=O)c1ccc2c(c1)OCO2)C1CC1. The molecular formula is C21H24N2O3. The van der Waals surface area contributed by atoms with Crippen LogP contribution in [0.4, 0.5) is 0 Å². The topological polar surface area (TPSA) is 50.8 Å². The number of benzene rings is 2. The summed E-state index contributed by atoms with van der Waals surface area (Å²) in [6, 6.07) is 16.1. The first-order valence-electron chi connectivity index (χ1n) is 9.13. The molecule has 1 N–H and O–H groups in total. The van der Waals surface area contributed by atoms with E-state index < -0.39 is 0 Å². The van der Waals surface area contributed by atoms with Gasteiger partial charge < -0.3 is 14.8 Å². The van der Waals surface area contributed by atoms with Gasteiger partial charge in [-0.15, -0.1) is 0 Å². The average molecular weight is 352 g/mol. The second kappa shape index (κ2) is 7.38. The van der Waals surface area contributed by atoms with Gasteiger partial charge in [0.25, 0.3) is 5.91 Å². The number of nitrogens with one attached hydrogen (secondary N) is 1. The Bertz CT molecular complexity index is 774. The molecule has 1 heterocycles.